The molecule has 3 amide bonds. The number of hydrogen-bond acceptors (Lipinski definition) is 7. The van der Waals surface area contributed by atoms with Gasteiger partial charge in [0.05, 0.1) is 30.8 Å². The molecule has 3 aliphatic heterocycles. The number of urea groups is 1. The average molecular weight is 556 g/mol. The highest BCUT2D eigenvalue weighted by molar-refractivity contribution is 5.93. The Bertz CT molecular complexity index is 1110. The number of aliphatic imine (C=N–C) groups is 1. The quantitative estimate of drug-likeness (QED) is 0.283. The Balaban J connectivity index is 1.23. The predicted molar refractivity (Wildman–Crippen MR) is 156 cm³/mol. The number of carbonyl (C=O) groups is 2. The van der Waals surface area contributed by atoms with Crippen LogP contribution in [0.2, 0.25) is 0 Å². The number of amidine groups is 1. The van der Waals surface area contributed by atoms with Gasteiger partial charge < -0.3 is 26.0 Å². The molecule has 0 bridgehead atoms. The third-order valence-corrected chi connectivity index (χ3v) is 8.61. The lowest BCUT2D eigenvalue weighted by molar-refractivity contribution is -0.454. The van der Waals surface area contributed by atoms with Crippen LogP contribution in [0.3, 0.4) is 0 Å². The van der Waals surface area contributed by atoms with Gasteiger partial charge in [0, 0.05) is 44.6 Å². The fourth-order valence-electron chi connectivity index (χ4n) is 5.69. The molecule has 1 aromatic heterocycles. The number of ether oxygens (including phenoxy) is 1. The van der Waals surface area contributed by atoms with Gasteiger partial charge in [0.15, 0.2) is 18.5 Å². The largest absolute Gasteiger partial charge is 0.490 e. The highest BCUT2D eigenvalue weighted by atomic mass is 16.5. The third kappa shape index (κ3) is 7.56. The molecule has 3 aliphatic rings. The van der Waals surface area contributed by atoms with Crippen LogP contribution in [0.25, 0.3) is 0 Å². The van der Waals surface area contributed by atoms with Crippen LogP contribution in [0.15, 0.2) is 11.2 Å². The number of hydrogen-bond donors (Lipinski definition) is 2. The Labute approximate surface area is 238 Å². The number of amides is 3. The SMILES string of the molecule is Cc1nc(N2CC(N)C(C=[N+]3CCCCC3=O)C2)ncc1OCCC(C)C1CCN(C(=O)N=C(N)C(C)C)CC1. The maximum Gasteiger partial charge on any atom is 0.386 e. The highest BCUT2D eigenvalue weighted by Crippen LogP contribution is 2.28. The predicted octanol–water partition coefficient (Wildman–Crippen LogP) is 2.59. The van der Waals surface area contributed by atoms with E-state index in [1.807, 2.05) is 31.6 Å². The van der Waals surface area contributed by atoms with Gasteiger partial charge in [0.25, 0.3) is 0 Å². The molecule has 40 heavy (non-hydrogen) atoms. The fraction of sp³-hybridized carbons (Fsp3) is 0.724. The van der Waals surface area contributed by atoms with E-state index in [1.165, 1.54) is 0 Å². The lowest BCUT2D eigenvalue weighted by Gasteiger charge is -2.34. The van der Waals surface area contributed by atoms with Crippen molar-refractivity contribution in [1.82, 2.24) is 14.9 Å². The second-order valence-corrected chi connectivity index (χ2v) is 12.0. The molecule has 0 aliphatic carbocycles. The van der Waals surface area contributed by atoms with Gasteiger partial charge in [-0.05, 0) is 44.4 Å². The van der Waals surface area contributed by atoms with Gasteiger partial charge in [-0.25, -0.2) is 19.6 Å². The number of aromatic nitrogens is 2. The lowest BCUT2D eigenvalue weighted by atomic mass is 9.84. The normalized spacial score (nSPS) is 24.7. The summed E-state index contributed by atoms with van der Waals surface area (Å²) in [5.74, 6) is 3.12. The van der Waals surface area contributed by atoms with Crippen LogP contribution >= 0.6 is 0 Å². The molecule has 0 radical (unpaired) electrons. The summed E-state index contributed by atoms with van der Waals surface area (Å²) in [6.45, 7) is 12.2. The second-order valence-electron chi connectivity index (χ2n) is 12.0. The molecular formula is C29H47N8O3+. The number of carbonyl (C=O) groups excluding carboxylic acids is 2. The molecule has 3 saturated heterocycles. The van der Waals surface area contributed by atoms with Crippen molar-refractivity contribution in [2.75, 3.05) is 44.2 Å². The molecule has 1 aromatic rings. The Morgan fingerprint density at radius 1 is 1.25 bits per heavy atom. The zero-order valence-electron chi connectivity index (χ0n) is 24.6. The molecule has 3 fully saturated rings. The summed E-state index contributed by atoms with van der Waals surface area (Å²) in [4.78, 5) is 41.8. The van der Waals surface area contributed by atoms with Crippen molar-refractivity contribution in [1.29, 1.82) is 0 Å². The number of anilines is 1. The summed E-state index contributed by atoms with van der Waals surface area (Å²) in [6.07, 6.45) is 9.26. The third-order valence-electron chi connectivity index (χ3n) is 8.61. The van der Waals surface area contributed by atoms with Crippen LogP contribution in [0.5, 0.6) is 5.75 Å². The minimum absolute atomic E-state index is 0.0630. The van der Waals surface area contributed by atoms with Crippen LogP contribution in [0, 0.1) is 30.6 Å². The zero-order chi connectivity index (χ0) is 28.8. The molecule has 4 N–H and O–H groups in total. The minimum atomic E-state index is -0.221. The first kappa shape index (κ1) is 29.9. The van der Waals surface area contributed by atoms with E-state index in [0.717, 1.165) is 44.3 Å². The van der Waals surface area contributed by atoms with Gasteiger partial charge in [-0.15, -0.1) is 0 Å². The number of piperidine rings is 2. The summed E-state index contributed by atoms with van der Waals surface area (Å²) >= 11 is 0. The van der Waals surface area contributed by atoms with Crippen LogP contribution in [0.4, 0.5) is 10.7 Å². The van der Waals surface area contributed by atoms with Gasteiger partial charge in [-0.1, -0.05) is 20.8 Å². The van der Waals surface area contributed by atoms with Gasteiger partial charge in [0.1, 0.15) is 5.84 Å². The van der Waals surface area contributed by atoms with Crippen LogP contribution in [-0.4, -0.2) is 88.8 Å². The van der Waals surface area contributed by atoms with Crippen molar-refractivity contribution in [3.8, 4) is 5.75 Å². The molecule has 4 rings (SSSR count). The first-order valence-corrected chi connectivity index (χ1v) is 14.9. The minimum Gasteiger partial charge on any atom is -0.490 e. The zero-order valence-corrected chi connectivity index (χ0v) is 24.6. The van der Waals surface area contributed by atoms with Crippen molar-refractivity contribution < 1.29 is 18.9 Å². The highest BCUT2D eigenvalue weighted by Gasteiger charge is 2.35. The first-order valence-electron chi connectivity index (χ1n) is 14.9. The van der Waals surface area contributed by atoms with Crippen molar-refractivity contribution >= 4 is 29.9 Å². The molecular weight excluding hydrogens is 508 g/mol. The molecule has 0 saturated carbocycles. The standard InChI is InChI=1S/C29H46N8O3/c1-19(2)27(31)34-29(39)35-12-8-22(9-13-35)20(3)10-14-40-25-15-32-28(33-21(25)4)37-17-23(24(30)18-37)16-36-11-6-5-7-26(36)38/h15-16,19-20,22-24H,5-14,17-18,30H2,1-4H3,(H-,31,34,39)/p+1. The molecule has 0 aromatic carbocycles. The van der Waals surface area contributed by atoms with Gasteiger partial charge in [-0.2, -0.15) is 9.57 Å². The number of aryl methyl sites for hydroxylation is 1. The first-order chi connectivity index (χ1) is 19.1. The van der Waals surface area contributed by atoms with Gasteiger partial charge in [-0.3, -0.25) is 0 Å². The van der Waals surface area contributed by atoms with Crippen molar-refractivity contribution in [2.45, 2.75) is 72.3 Å². The fourth-order valence-corrected chi connectivity index (χ4v) is 5.69. The topological polar surface area (TPSA) is 143 Å². The average Bonchev–Trinajstić information content (AvgIpc) is 3.30. The van der Waals surface area contributed by atoms with Crippen molar-refractivity contribution in [3.05, 3.63) is 11.9 Å². The molecule has 3 atom stereocenters. The number of likely N-dealkylation sites (tertiary alicyclic amines) is 1. The monoisotopic (exact) mass is 555 g/mol. The van der Waals surface area contributed by atoms with Gasteiger partial charge in [0.2, 0.25) is 5.95 Å². The smallest absolute Gasteiger partial charge is 0.386 e. The molecule has 0 spiro atoms. The number of rotatable bonds is 8. The summed E-state index contributed by atoms with van der Waals surface area (Å²) in [7, 11) is 0. The Kier molecular flexibility index (Phi) is 10.1. The summed E-state index contributed by atoms with van der Waals surface area (Å²) in [5, 5.41) is 0. The Morgan fingerprint density at radius 3 is 2.67 bits per heavy atom. The van der Waals surface area contributed by atoms with E-state index in [2.05, 4.69) is 21.8 Å². The van der Waals surface area contributed by atoms with Crippen molar-refractivity contribution in [2.24, 2.45) is 40.1 Å². The Morgan fingerprint density at radius 2 is 2.00 bits per heavy atom. The van der Waals surface area contributed by atoms with Crippen LogP contribution in [0.1, 0.15) is 65.0 Å². The molecule has 4 heterocycles. The summed E-state index contributed by atoms with van der Waals surface area (Å²) < 4.78 is 7.93. The van der Waals surface area contributed by atoms with E-state index in [0.29, 0.717) is 68.6 Å². The van der Waals surface area contributed by atoms with Crippen LogP contribution < -0.4 is 21.1 Å². The van der Waals surface area contributed by atoms with Gasteiger partial charge >= 0.3 is 11.9 Å². The van der Waals surface area contributed by atoms with Crippen LogP contribution in [-0.2, 0) is 4.79 Å². The maximum absolute atomic E-state index is 12.4. The van der Waals surface area contributed by atoms with E-state index in [-0.39, 0.29) is 29.8 Å². The molecule has 220 valence electrons. The van der Waals surface area contributed by atoms with E-state index < -0.39 is 0 Å². The summed E-state index contributed by atoms with van der Waals surface area (Å²) in [5.41, 5.74) is 13.1. The molecule has 11 heteroatoms. The summed E-state index contributed by atoms with van der Waals surface area (Å²) in [6, 6.07) is -0.284. The number of nitrogens with two attached hydrogens (primary N) is 2. The molecule has 3 unspecified atom stereocenters. The Hall–Kier alpha value is -3.08. The van der Waals surface area contributed by atoms with E-state index in [4.69, 9.17) is 21.2 Å². The second kappa shape index (κ2) is 13.5. The lowest BCUT2D eigenvalue weighted by Crippen LogP contribution is -2.39. The maximum atomic E-state index is 12.4. The van der Waals surface area contributed by atoms with Crippen molar-refractivity contribution in [3.63, 3.8) is 0 Å². The van der Waals surface area contributed by atoms with E-state index in [9.17, 15) is 9.59 Å². The van der Waals surface area contributed by atoms with E-state index >= 15 is 0 Å². The molecule has 11 nitrogen and oxygen atoms in total. The van der Waals surface area contributed by atoms with E-state index in [1.54, 1.807) is 11.1 Å². The number of nitrogens with zero attached hydrogens (tertiary/aromatic N) is 6.